The van der Waals surface area contributed by atoms with E-state index >= 15 is 0 Å². The smallest absolute Gasteiger partial charge is 0.412 e. The standard InChI is InChI=1S/C14H20N6O4/c1-4-23-14(22)17-12-7-16-20(18-12)8-13(21)15-6-5-11-9(2)19-24-10(11)3/h7H,4-6,8H2,1-3H3,(H,15,21)(H,17,18,22). The molecule has 2 rings (SSSR count). The number of aromatic nitrogens is 4. The highest BCUT2D eigenvalue weighted by atomic mass is 16.5. The molecule has 2 aromatic rings. The quantitative estimate of drug-likeness (QED) is 0.766. The van der Waals surface area contributed by atoms with Crippen LogP contribution >= 0.6 is 0 Å². The van der Waals surface area contributed by atoms with Crippen molar-refractivity contribution in [2.24, 2.45) is 0 Å². The second-order valence-corrected chi connectivity index (χ2v) is 5.01. The predicted molar refractivity (Wildman–Crippen MR) is 83.4 cm³/mol. The fourth-order valence-electron chi connectivity index (χ4n) is 2.07. The molecule has 0 spiro atoms. The van der Waals surface area contributed by atoms with E-state index in [1.807, 2.05) is 13.8 Å². The topological polar surface area (TPSA) is 124 Å². The number of rotatable bonds is 7. The molecule has 0 radical (unpaired) electrons. The van der Waals surface area contributed by atoms with E-state index in [9.17, 15) is 9.59 Å². The third-order valence-electron chi connectivity index (χ3n) is 3.21. The first-order valence-corrected chi connectivity index (χ1v) is 7.52. The molecular formula is C14H20N6O4. The second-order valence-electron chi connectivity index (χ2n) is 5.01. The number of nitrogens with zero attached hydrogens (tertiary/aromatic N) is 4. The molecule has 2 heterocycles. The van der Waals surface area contributed by atoms with Gasteiger partial charge in [-0.05, 0) is 27.2 Å². The summed E-state index contributed by atoms with van der Waals surface area (Å²) in [5.41, 5.74) is 1.82. The Morgan fingerprint density at radius 2 is 2.17 bits per heavy atom. The lowest BCUT2D eigenvalue weighted by Gasteiger charge is -2.04. The van der Waals surface area contributed by atoms with Crippen LogP contribution in [0, 0.1) is 13.8 Å². The average Bonchev–Trinajstić information content (AvgIpc) is 3.08. The van der Waals surface area contributed by atoms with Crippen LogP contribution < -0.4 is 10.6 Å². The molecule has 0 atom stereocenters. The number of hydrogen-bond donors (Lipinski definition) is 2. The molecule has 0 aliphatic rings. The molecule has 2 N–H and O–H groups in total. The van der Waals surface area contributed by atoms with Gasteiger partial charge in [-0.15, -0.1) is 5.10 Å². The number of ether oxygens (including phenoxy) is 1. The maximum Gasteiger partial charge on any atom is 0.412 e. The van der Waals surface area contributed by atoms with Crippen LogP contribution in [0.2, 0.25) is 0 Å². The van der Waals surface area contributed by atoms with E-state index in [2.05, 4.69) is 26.0 Å². The van der Waals surface area contributed by atoms with Crippen LogP contribution in [-0.2, 0) is 22.5 Å². The number of carbonyl (C=O) groups is 2. The first kappa shape index (κ1) is 17.4. The van der Waals surface area contributed by atoms with Gasteiger partial charge in [-0.3, -0.25) is 10.1 Å². The van der Waals surface area contributed by atoms with Crippen LogP contribution in [0.4, 0.5) is 10.6 Å². The molecule has 0 bridgehead atoms. The summed E-state index contributed by atoms with van der Waals surface area (Å²) in [6.45, 7) is 6.06. The molecule has 10 nitrogen and oxygen atoms in total. The number of anilines is 1. The van der Waals surface area contributed by atoms with E-state index in [4.69, 9.17) is 9.26 Å². The highest BCUT2D eigenvalue weighted by molar-refractivity contribution is 5.83. The van der Waals surface area contributed by atoms with E-state index in [-0.39, 0.29) is 24.9 Å². The summed E-state index contributed by atoms with van der Waals surface area (Å²) in [5.74, 6) is 0.738. The van der Waals surface area contributed by atoms with Crippen molar-refractivity contribution in [3.63, 3.8) is 0 Å². The van der Waals surface area contributed by atoms with Crippen molar-refractivity contribution in [3.05, 3.63) is 23.2 Å². The number of carbonyl (C=O) groups excluding carboxylic acids is 2. The minimum Gasteiger partial charge on any atom is -0.450 e. The number of amides is 2. The van der Waals surface area contributed by atoms with Crippen molar-refractivity contribution >= 4 is 17.8 Å². The molecule has 0 aromatic carbocycles. The Hall–Kier alpha value is -2.91. The van der Waals surface area contributed by atoms with Crippen LogP contribution in [0.1, 0.15) is 23.9 Å². The van der Waals surface area contributed by atoms with Crippen molar-refractivity contribution < 1.29 is 18.8 Å². The fourth-order valence-corrected chi connectivity index (χ4v) is 2.07. The molecule has 10 heteroatoms. The minimum absolute atomic E-state index is 0.0495. The monoisotopic (exact) mass is 336 g/mol. The zero-order chi connectivity index (χ0) is 17.5. The summed E-state index contributed by atoms with van der Waals surface area (Å²) >= 11 is 0. The Balaban J connectivity index is 1.76. The van der Waals surface area contributed by atoms with Gasteiger partial charge in [0.15, 0.2) is 5.82 Å². The molecule has 0 aliphatic heterocycles. The molecule has 0 fully saturated rings. The Labute approximate surface area is 138 Å². The Morgan fingerprint density at radius 1 is 1.38 bits per heavy atom. The molecule has 0 saturated heterocycles. The molecular weight excluding hydrogens is 316 g/mol. The molecule has 2 aromatic heterocycles. The predicted octanol–water partition coefficient (Wildman–Crippen LogP) is 0.810. The highest BCUT2D eigenvalue weighted by Crippen LogP contribution is 2.12. The van der Waals surface area contributed by atoms with E-state index < -0.39 is 6.09 Å². The molecule has 2 amide bonds. The van der Waals surface area contributed by atoms with E-state index in [0.717, 1.165) is 17.0 Å². The average molecular weight is 336 g/mol. The lowest BCUT2D eigenvalue weighted by molar-refractivity contribution is -0.122. The molecule has 24 heavy (non-hydrogen) atoms. The van der Waals surface area contributed by atoms with Gasteiger partial charge >= 0.3 is 6.09 Å². The molecule has 0 aliphatic carbocycles. The lowest BCUT2D eigenvalue weighted by atomic mass is 10.1. The summed E-state index contributed by atoms with van der Waals surface area (Å²) in [6.07, 6.45) is 1.36. The molecule has 130 valence electrons. The molecule has 0 unspecified atom stereocenters. The Morgan fingerprint density at radius 3 is 2.83 bits per heavy atom. The summed E-state index contributed by atoms with van der Waals surface area (Å²) in [4.78, 5) is 24.3. The van der Waals surface area contributed by atoms with Gasteiger partial charge in [0.1, 0.15) is 12.3 Å². The fraction of sp³-hybridized carbons (Fsp3) is 0.500. The lowest BCUT2D eigenvalue weighted by Crippen LogP contribution is -2.30. The number of nitrogens with one attached hydrogen (secondary N) is 2. The zero-order valence-electron chi connectivity index (χ0n) is 13.8. The Kier molecular flexibility index (Phi) is 5.88. The van der Waals surface area contributed by atoms with E-state index in [1.54, 1.807) is 6.92 Å². The van der Waals surface area contributed by atoms with Gasteiger partial charge in [-0.2, -0.15) is 9.90 Å². The van der Waals surface area contributed by atoms with E-state index in [0.29, 0.717) is 13.0 Å². The summed E-state index contributed by atoms with van der Waals surface area (Å²) in [7, 11) is 0. The van der Waals surface area contributed by atoms with Crippen LogP contribution in [0.15, 0.2) is 10.7 Å². The minimum atomic E-state index is -0.617. The van der Waals surface area contributed by atoms with Gasteiger partial charge in [0, 0.05) is 12.1 Å². The zero-order valence-corrected chi connectivity index (χ0v) is 13.8. The second kappa shape index (κ2) is 8.09. The normalized spacial score (nSPS) is 10.5. The number of aryl methyl sites for hydroxylation is 2. The maximum atomic E-state index is 11.9. The first-order valence-electron chi connectivity index (χ1n) is 7.52. The van der Waals surface area contributed by atoms with Gasteiger partial charge in [-0.1, -0.05) is 5.16 Å². The Bertz CT molecular complexity index is 688. The number of hydrogen-bond acceptors (Lipinski definition) is 7. The summed E-state index contributed by atoms with van der Waals surface area (Å²) in [5, 5.41) is 16.9. The van der Waals surface area contributed by atoms with Crippen molar-refractivity contribution in [1.82, 2.24) is 25.5 Å². The third kappa shape index (κ3) is 4.80. The maximum absolute atomic E-state index is 11.9. The van der Waals surface area contributed by atoms with Crippen LogP contribution in [-0.4, -0.2) is 45.3 Å². The third-order valence-corrected chi connectivity index (χ3v) is 3.21. The van der Waals surface area contributed by atoms with Crippen molar-refractivity contribution in [1.29, 1.82) is 0 Å². The first-order chi connectivity index (χ1) is 11.5. The highest BCUT2D eigenvalue weighted by Gasteiger charge is 2.11. The van der Waals surface area contributed by atoms with Crippen molar-refractivity contribution in [3.8, 4) is 0 Å². The van der Waals surface area contributed by atoms with Gasteiger partial charge in [-0.25, -0.2) is 4.79 Å². The van der Waals surface area contributed by atoms with Gasteiger partial charge < -0.3 is 14.6 Å². The van der Waals surface area contributed by atoms with Crippen LogP contribution in [0.25, 0.3) is 0 Å². The van der Waals surface area contributed by atoms with Gasteiger partial charge in [0.05, 0.1) is 18.5 Å². The van der Waals surface area contributed by atoms with E-state index in [1.165, 1.54) is 11.0 Å². The SMILES string of the molecule is CCOC(=O)Nc1cnn(CC(=O)NCCc2c(C)noc2C)n1. The van der Waals surface area contributed by atoms with Gasteiger partial charge in [0.2, 0.25) is 5.91 Å². The summed E-state index contributed by atoms with van der Waals surface area (Å²) < 4.78 is 9.79. The van der Waals surface area contributed by atoms with Crippen LogP contribution in [0.3, 0.4) is 0 Å². The molecule has 0 saturated carbocycles. The largest absolute Gasteiger partial charge is 0.450 e. The van der Waals surface area contributed by atoms with Crippen molar-refractivity contribution in [2.75, 3.05) is 18.5 Å². The van der Waals surface area contributed by atoms with Crippen molar-refractivity contribution in [2.45, 2.75) is 33.7 Å². The van der Waals surface area contributed by atoms with Gasteiger partial charge in [0.25, 0.3) is 0 Å². The summed E-state index contributed by atoms with van der Waals surface area (Å²) in [6, 6.07) is 0. The van der Waals surface area contributed by atoms with Crippen LogP contribution in [0.5, 0.6) is 0 Å².